The van der Waals surface area contributed by atoms with E-state index in [4.69, 9.17) is 14.6 Å². The molecular formula is C13H12BrN5O4S. The van der Waals surface area contributed by atoms with Gasteiger partial charge in [0.15, 0.2) is 0 Å². The van der Waals surface area contributed by atoms with Gasteiger partial charge in [-0.25, -0.2) is 18.5 Å². The molecule has 0 aromatic carbocycles. The Labute approximate surface area is 145 Å². The zero-order valence-corrected chi connectivity index (χ0v) is 15.0. The summed E-state index contributed by atoms with van der Waals surface area (Å²) >= 11 is 3.26. The molecule has 0 radical (unpaired) electrons. The summed E-state index contributed by atoms with van der Waals surface area (Å²) in [5.41, 5.74) is 0.323. The number of ether oxygens (including phenoxy) is 2. The highest BCUT2D eigenvalue weighted by Crippen LogP contribution is 2.28. The SMILES string of the molecule is COc1cc(OC)nc(-n2cc(S(N)(=O)=O)c3ccc(Br)nc32)n1. The summed E-state index contributed by atoms with van der Waals surface area (Å²) in [5, 5.41) is 5.65. The summed E-state index contributed by atoms with van der Waals surface area (Å²) in [7, 11) is -1.06. The monoisotopic (exact) mass is 413 g/mol. The van der Waals surface area contributed by atoms with Gasteiger partial charge in [0.1, 0.15) is 15.1 Å². The van der Waals surface area contributed by atoms with Crippen LogP contribution in [0.25, 0.3) is 17.0 Å². The van der Waals surface area contributed by atoms with Gasteiger partial charge >= 0.3 is 0 Å². The fraction of sp³-hybridized carbons (Fsp3) is 0.154. The molecule has 3 aromatic heterocycles. The summed E-state index contributed by atoms with van der Waals surface area (Å²) in [6, 6.07) is 4.72. The number of hydrogen-bond acceptors (Lipinski definition) is 7. The molecule has 3 aromatic rings. The number of rotatable bonds is 4. The first-order valence-electron chi connectivity index (χ1n) is 6.51. The molecule has 0 saturated carbocycles. The number of halogens is 1. The second-order valence-corrected chi connectivity index (χ2v) is 7.01. The maximum atomic E-state index is 11.9. The van der Waals surface area contributed by atoms with Crippen molar-refractivity contribution >= 4 is 37.0 Å². The number of methoxy groups -OCH3 is 2. The van der Waals surface area contributed by atoms with Crippen LogP contribution in [0.1, 0.15) is 0 Å². The maximum absolute atomic E-state index is 11.9. The molecule has 0 saturated heterocycles. The first-order chi connectivity index (χ1) is 11.3. The van der Waals surface area contributed by atoms with Crippen molar-refractivity contribution in [2.24, 2.45) is 5.14 Å². The van der Waals surface area contributed by atoms with E-state index in [-0.39, 0.29) is 22.6 Å². The normalized spacial score (nSPS) is 11.7. The molecule has 0 amide bonds. The summed E-state index contributed by atoms with van der Waals surface area (Å²) in [6.45, 7) is 0. The largest absolute Gasteiger partial charge is 0.481 e. The lowest BCUT2D eigenvalue weighted by atomic mass is 10.3. The molecule has 24 heavy (non-hydrogen) atoms. The van der Waals surface area contributed by atoms with Gasteiger partial charge in [-0.1, -0.05) is 0 Å². The van der Waals surface area contributed by atoms with E-state index in [1.165, 1.54) is 31.0 Å². The van der Waals surface area contributed by atoms with Gasteiger partial charge in [0.05, 0.1) is 20.3 Å². The van der Waals surface area contributed by atoms with E-state index in [2.05, 4.69) is 30.9 Å². The maximum Gasteiger partial charge on any atom is 0.242 e. The van der Waals surface area contributed by atoms with Crippen molar-refractivity contribution in [2.75, 3.05) is 14.2 Å². The molecule has 11 heteroatoms. The van der Waals surface area contributed by atoms with Gasteiger partial charge in [-0.2, -0.15) is 9.97 Å². The zero-order valence-electron chi connectivity index (χ0n) is 12.6. The van der Waals surface area contributed by atoms with Crippen LogP contribution in [0.5, 0.6) is 11.8 Å². The van der Waals surface area contributed by atoms with Crippen molar-refractivity contribution in [3.05, 3.63) is 29.0 Å². The van der Waals surface area contributed by atoms with Crippen LogP contribution < -0.4 is 14.6 Å². The smallest absolute Gasteiger partial charge is 0.242 e. The Morgan fingerprint density at radius 2 is 1.75 bits per heavy atom. The highest BCUT2D eigenvalue weighted by Gasteiger charge is 2.21. The van der Waals surface area contributed by atoms with Crippen LogP contribution in [-0.2, 0) is 10.0 Å². The van der Waals surface area contributed by atoms with Gasteiger partial charge in [-0.05, 0) is 28.1 Å². The molecule has 0 spiro atoms. The number of aromatic nitrogens is 4. The van der Waals surface area contributed by atoms with E-state index >= 15 is 0 Å². The molecule has 3 heterocycles. The Hall–Kier alpha value is -2.24. The van der Waals surface area contributed by atoms with Crippen LogP contribution >= 0.6 is 15.9 Å². The second kappa shape index (κ2) is 6.00. The highest BCUT2D eigenvalue weighted by atomic mass is 79.9. The minimum Gasteiger partial charge on any atom is -0.481 e. The van der Waals surface area contributed by atoms with Crippen molar-refractivity contribution in [1.29, 1.82) is 0 Å². The molecule has 0 aliphatic rings. The van der Waals surface area contributed by atoms with Crippen molar-refractivity contribution in [2.45, 2.75) is 4.90 Å². The molecular weight excluding hydrogens is 402 g/mol. The van der Waals surface area contributed by atoms with Gasteiger partial charge in [-0.3, -0.25) is 4.57 Å². The summed E-state index contributed by atoms with van der Waals surface area (Å²) in [6.07, 6.45) is 1.31. The number of sulfonamides is 1. The molecule has 0 unspecified atom stereocenters. The molecule has 126 valence electrons. The number of pyridine rings is 1. The fourth-order valence-corrected chi connectivity index (χ4v) is 3.16. The van der Waals surface area contributed by atoms with Gasteiger partial charge < -0.3 is 9.47 Å². The Kier molecular flexibility index (Phi) is 4.15. The van der Waals surface area contributed by atoms with E-state index in [1.807, 2.05) is 0 Å². The average Bonchev–Trinajstić information content (AvgIpc) is 2.93. The lowest BCUT2D eigenvalue weighted by Crippen LogP contribution is -2.11. The molecule has 9 nitrogen and oxygen atoms in total. The molecule has 0 atom stereocenters. The lowest BCUT2D eigenvalue weighted by molar-refractivity contribution is 0.370. The minimum atomic E-state index is -3.96. The van der Waals surface area contributed by atoms with E-state index in [9.17, 15) is 8.42 Å². The molecule has 0 aliphatic carbocycles. The van der Waals surface area contributed by atoms with Crippen molar-refractivity contribution < 1.29 is 17.9 Å². The summed E-state index contributed by atoms with van der Waals surface area (Å²) in [4.78, 5) is 12.6. The number of nitrogens with zero attached hydrogens (tertiary/aromatic N) is 4. The second-order valence-electron chi connectivity index (χ2n) is 4.67. The summed E-state index contributed by atoms with van der Waals surface area (Å²) < 4.78 is 35.9. The van der Waals surface area contributed by atoms with Gasteiger partial charge in [-0.15, -0.1) is 0 Å². The number of nitrogens with two attached hydrogens (primary N) is 1. The number of fused-ring (bicyclic) bond motifs is 1. The van der Waals surface area contributed by atoms with Crippen LogP contribution in [0.4, 0.5) is 0 Å². The Balaban J connectivity index is 2.36. The molecule has 0 aliphatic heterocycles. The molecule has 2 N–H and O–H groups in total. The fourth-order valence-electron chi connectivity index (χ4n) is 2.14. The number of primary sulfonamides is 1. The van der Waals surface area contributed by atoms with E-state index in [0.717, 1.165) is 0 Å². The average molecular weight is 414 g/mol. The van der Waals surface area contributed by atoms with Gasteiger partial charge in [0.25, 0.3) is 0 Å². The van der Waals surface area contributed by atoms with Crippen LogP contribution in [0, 0.1) is 0 Å². The van der Waals surface area contributed by atoms with E-state index in [1.54, 1.807) is 12.1 Å². The predicted molar refractivity (Wildman–Crippen MR) is 88.8 cm³/mol. The minimum absolute atomic E-state index is 0.0807. The number of hydrogen-bond donors (Lipinski definition) is 1. The van der Waals surface area contributed by atoms with Gasteiger partial charge in [0.2, 0.25) is 27.7 Å². The topological polar surface area (TPSA) is 122 Å². The Morgan fingerprint density at radius 1 is 1.12 bits per heavy atom. The van der Waals surface area contributed by atoms with Crippen LogP contribution in [0.15, 0.2) is 33.9 Å². The third-order valence-corrected chi connectivity index (χ3v) is 4.57. The van der Waals surface area contributed by atoms with Crippen molar-refractivity contribution in [3.63, 3.8) is 0 Å². The summed E-state index contributed by atoms with van der Waals surface area (Å²) in [5.74, 6) is 0.647. The molecule has 0 fully saturated rings. The lowest BCUT2D eigenvalue weighted by Gasteiger charge is -2.07. The first-order valence-corrected chi connectivity index (χ1v) is 8.85. The quantitative estimate of drug-likeness (QED) is 0.638. The predicted octanol–water partition coefficient (Wildman–Crippen LogP) is 1.24. The Bertz CT molecular complexity index is 1010. The van der Waals surface area contributed by atoms with E-state index < -0.39 is 10.0 Å². The van der Waals surface area contributed by atoms with Gasteiger partial charge in [0, 0.05) is 11.6 Å². The first kappa shape index (κ1) is 16.6. The highest BCUT2D eigenvalue weighted by molar-refractivity contribution is 9.10. The van der Waals surface area contributed by atoms with Crippen LogP contribution in [-0.4, -0.2) is 42.2 Å². The zero-order chi connectivity index (χ0) is 17.5. The third-order valence-electron chi connectivity index (χ3n) is 3.19. The van der Waals surface area contributed by atoms with Crippen molar-refractivity contribution in [1.82, 2.24) is 19.5 Å². The molecule has 0 bridgehead atoms. The Morgan fingerprint density at radius 3 is 2.29 bits per heavy atom. The molecule has 3 rings (SSSR count). The standard InChI is InChI=1S/C13H12BrN5O4S/c1-22-10-5-11(23-2)18-13(17-10)19-6-8(24(15,20)21)7-3-4-9(14)16-12(7)19/h3-6H,1-2H3,(H2,15,20,21). The van der Waals surface area contributed by atoms with Crippen LogP contribution in [0.2, 0.25) is 0 Å². The third kappa shape index (κ3) is 2.92. The van der Waals surface area contributed by atoms with E-state index in [0.29, 0.717) is 15.6 Å². The van der Waals surface area contributed by atoms with Crippen LogP contribution in [0.3, 0.4) is 0 Å². The van der Waals surface area contributed by atoms with Crippen molar-refractivity contribution in [3.8, 4) is 17.7 Å².